The van der Waals surface area contributed by atoms with Crippen LogP contribution in [-0.2, 0) is 11.3 Å². The van der Waals surface area contributed by atoms with Gasteiger partial charge in [0.2, 0.25) is 0 Å². The molecule has 6 nitrogen and oxygen atoms in total. The third-order valence-electron chi connectivity index (χ3n) is 2.67. The Balaban J connectivity index is 2.09. The molecule has 0 aliphatic rings. The Morgan fingerprint density at radius 1 is 1.29 bits per heavy atom. The number of non-ortho nitro benzene ring substituents is 1. The van der Waals surface area contributed by atoms with Crippen molar-refractivity contribution in [2.45, 2.75) is 6.61 Å². The SMILES string of the molecule is O=C(OCc1cccc([N+](=O)[O-])c1)c1cc(Cl)ccc1O. The molecule has 0 saturated heterocycles. The van der Waals surface area contributed by atoms with Crippen LogP contribution in [0.2, 0.25) is 5.02 Å². The zero-order valence-corrected chi connectivity index (χ0v) is 11.4. The highest BCUT2D eigenvalue weighted by atomic mass is 35.5. The Morgan fingerprint density at radius 2 is 2.05 bits per heavy atom. The molecule has 0 aliphatic heterocycles. The third-order valence-corrected chi connectivity index (χ3v) is 2.90. The van der Waals surface area contributed by atoms with E-state index in [-0.39, 0.29) is 28.6 Å². The Morgan fingerprint density at radius 3 is 2.76 bits per heavy atom. The van der Waals surface area contributed by atoms with E-state index >= 15 is 0 Å². The van der Waals surface area contributed by atoms with E-state index in [4.69, 9.17) is 16.3 Å². The van der Waals surface area contributed by atoms with Gasteiger partial charge in [0.25, 0.3) is 5.69 Å². The molecular formula is C14H10ClNO5. The molecule has 1 N–H and O–H groups in total. The number of carbonyl (C=O) groups excluding carboxylic acids is 1. The van der Waals surface area contributed by atoms with Crippen LogP contribution in [0.4, 0.5) is 5.69 Å². The number of carbonyl (C=O) groups is 1. The number of nitro benzene ring substituents is 1. The molecule has 0 fully saturated rings. The van der Waals surface area contributed by atoms with Crippen molar-refractivity contribution in [2.75, 3.05) is 0 Å². The molecule has 2 rings (SSSR count). The summed E-state index contributed by atoms with van der Waals surface area (Å²) in [6.07, 6.45) is 0. The molecule has 7 heteroatoms. The number of halogens is 1. The molecule has 0 saturated carbocycles. The monoisotopic (exact) mass is 307 g/mol. The Labute approximate surface area is 124 Å². The van der Waals surface area contributed by atoms with Gasteiger partial charge in [-0.1, -0.05) is 23.7 Å². The summed E-state index contributed by atoms with van der Waals surface area (Å²) in [6, 6.07) is 9.75. The molecule has 0 spiro atoms. The van der Waals surface area contributed by atoms with E-state index in [9.17, 15) is 20.0 Å². The van der Waals surface area contributed by atoms with Crippen molar-refractivity contribution in [1.29, 1.82) is 0 Å². The lowest BCUT2D eigenvalue weighted by molar-refractivity contribution is -0.384. The maximum Gasteiger partial charge on any atom is 0.342 e. The largest absolute Gasteiger partial charge is 0.507 e. The van der Waals surface area contributed by atoms with Crippen LogP contribution in [-0.4, -0.2) is 16.0 Å². The maximum atomic E-state index is 11.8. The molecule has 0 bridgehead atoms. The predicted octanol–water partition coefficient (Wildman–Crippen LogP) is 3.31. The van der Waals surface area contributed by atoms with Gasteiger partial charge < -0.3 is 9.84 Å². The Bertz CT molecular complexity index is 702. The Kier molecular flexibility index (Phi) is 4.39. The third kappa shape index (κ3) is 3.70. The maximum absolute atomic E-state index is 11.8. The van der Waals surface area contributed by atoms with Gasteiger partial charge in [0.15, 0.2) is 0 Å². The van der Waals surface area contributed by atoms with Gasteiger partial charge in [-0.15, -0.1) is 0 Å². The fourth-order valence-electron chi connectivity index (χ4n) is 1.66. The van der Waals surface area contributed by atoms with E-state index in [1.54, 1.807) is 6.07 Å². The van der Waals surface area contributed by atoms with Gasteiger partial charge in [-0.25, -0.2) is 4.79 Å². The molecule has 2 aromatic rings. The van der Waals surface area contributed by atoms with E-state index < -0.39 is 10.9 Å². The summed E-state index contributed by atoms with van der Waals surface area (Å²) in [7, 11) is 0. The number of benzene rings is 2. The molecule has 0 heterocycles. The van der Waals surface area contributed by atoms with Gasteiger partial charge in [-0.05, 0) is 23.8 Å². The summed E-state index contributed by atoms with van der Waals surface area (Å²) in [6.45, 7) is -0.146. The van der Waals surface area contributed by atoms with Gasteiger partial charge in [-0.2, -0.15) is 0 Å². The fraction of sp³-hybridized carbons (Fsp3) is 0.0714. The normalized spacial score (nSPS) is 10.1. The second kappa shape index (κ2) is 6.23. The predicted molar refractivity (Wildman–Crippen MR) is 75.3 cm³/mol. The number of phenolic OH excluding ortho intramolecular Hbond substituents is 1. The van der Waals surface area contributed by atoms with Gasteiger partial charge >= 0.3 is 5.97 Å². The summed E-state index contributed by atoms with van der Waals surface area (Å²) in [5.74, 6) is -1.01. The number of hydrogen-bond acceptors (Lipinski definition) is 5. The summed E-state index contributed by atoms with van der Waals surface area (Å²) < 4.78 is 5.00. The minimum atomic E-state index is -0.762. The minimum absolute atomic E-state index is 0.0621. The second-order valence-corrected chi connectivity index (χ2v) is 4.60. The van der Waals surface area contributed by atoms with Crippen molar-refractivity contribution in [3.05, 3.63) is 68.7 Å². The van der Waals surface area contributed by atoms with E-state index in [0.717, 1.165) is 0 Å². The standard InChI is InChI=1S/C14H10ClNO5/c15-10-4-5-13(17)12(7-10)14(18)21-8-9-2-1-3-11(6-9)16(19)20/h1-7,17H,8H2. The van der Waals surface area contributed by atoms with Crippen LogP contribution in [0.15, 0.2) is 42.5 Å². The summed E-state index contributed by atoms with van der Waals surface area (Å²) in [5.41, 5.74) is 0.321. The van der Waals surface area contributed by atoms with Gasteiger partial charge in [0.05, 0.1) is 4.92 Å². The highest BCUT2D eigenvalue weighted by Crippen LogP contribution is 2.23. The van der Waals surface area contributed by atoms with Crippen molar-refractivity contribution in [1.82, 2.24) is 0 Å². The minimum Gasteiger partial charge on any atom is -0.507 e. The molecule has 0 aliphatic carbocycles. The lowest BCUT2D eigenvalue weighted by Gasteiger charge is -2.07. The van der Waals surface area contributed by atoms with Crippen LogP contribution in [0, 0.1) is 10.1 Å². The molecular weight excluding hydrogens is 298 g/mol. The number of ether oxygens (including phenoxy) is 1. The first-order valence-electron chi connectivity index (χ1n) is 5.86. The van der Waals surface area contributed by atoms with Crippen molar-refractivity contribution in [2.24, 2.45) is 0 Å². The first-order valence-corrected chi connectivity index (χ1v) is 6.24. The van der Waals surface area contributed by atoms with Gasteiger partial charge in [-0.3, -0.25) is 10.1 Å². The number of aromatic hydroxyl groups is 1. The van der Waals surface area contributed by atoms with Crippen LogP contribution in [0.25, 0.3) is 0 Å². The number of rotatable bonds is 4. The zero-order chi connectivity index (χ0) is 15.4. The van der Waals surface area contributed by atoms with Crippen LogP contribution in [0.5, 0.6) is 5.75 Å². The molecule has 108 valence electrons. The molecule has 0 radical (unpaired) electrons. The quantitative estimate of drug-likeness (QED) is 0.531. The molecule has 0 unspecified atom stereocenters. The van der Waals surface area contributed by atoms with Crippen LogP contribution in [0.1, 0.15) is 15.9 Å². The van der Waals surface area contributed by atoms with Crippen molar-refractivity contribution in [3.63, 3.8) is 0 Å². The number of phenols is 1. The van der Waals surface area contributed by atoms with E-state index in [1.807, 2.05) is 0 Å². The number of hydrogen-bond donors (Lipinski definition) is 1. The Hall–Kier alpha value is -2.60. The van der Waals surface area contributed by atoms with Crippen molar-refractivity contribution in [3.8, 4) is 5.75 Å². The summed E-state index contributed by atoms with van der Waals surface area (Å²) in [4.78, 5) is 21.9. The number of nitro groups is 1. The van der Waals surface area contributed by atoms with Gasteiger partial charge in [0, 0.05) is 17.2 Å². The first kappa shape index (κ1) is 14.8. The van der Waals surface area contributed by atoms with Crippen LogP contribution < -0.4 is 0 Å². The lowest BCUT2D eigenvalue weighted by atomic mass is 10.2. The van der Waals surface area contributed by atoms with Crippen molar-refractivity contribution < 1.29 is 19.6 Å². The van der Waals surface area contributed by atoms with E-state index in [1.165, 1.54) is 36.4 Å². The average molecular weight is 308 g/mol. The zero-order valence-electron chi connectivity index (χ0n) is 10.7. The molecule has 21 heavy (non-hydrogen) atoms. The molecule has 0 atom stereocenters. The number of nitrogens with zero attached hydrogens (tertiary/aromatic N) is 1. The first-order chi connectivity index (χ1) is 9.97. The highest BCUT2D eigenvalue weighted by molar-refractivity contribution is 6.31. The topological polar surface area (TPSA) is 89.7 Å². The average Bonchev–Trinajstić information content (AvgIpc) is 2.47. The summed E-state index contributed by atoms with van der Waals surface area (Å²) in [5, 5.41) is 20.5. The highest BCUT2D eigenvalue weighted by Gasteiger charge is 2.14. The van der Waals surface area contributed by atoms with Crippen LogP contribution >= 0.6 is 11.6 Å². The van der Waals surface area contributed by atoms with Gasteiger partial charge in [0.1, 0.15) is 17.9 Å². The fourth-order valence-corrected chi connectivity index (χ4v) is 1.83. The smallest absolute Gasteiger partial charge is 0.342 e. The molecule has 0 aromatic heterocycles. The molecule has 0 amide bonds. The van der Waals surface area contributed by atoms with E-state index in [2.05, 4.69) is 0 Å². The van der Waals surface area contributed by atoms with Crippen LogP contribution in [0.3, 0.4) is 0 Å². The molecule has 2 aromatic carbocycles. The second-order valence-electron chi connectivity index (χ2n) is 4.16. The lowest BCUT2D eigenvalue weighted by Crippen LogP contribution is -2.05. The summed E-state index contributed by atoms with van der Waals surface area (Å²) >= 11 is 5.74. The van der Waals surface area contributed by atoms with Crippen molar-refractivity contribution >= 4 is 23.3 Å². The number of esters is 1. The van der Waals surface area contributed by atoms with E-state index in [0.29, 0.717) is 5.56 Å².